The normalized spacial score (nSPS) is 17.3. The number of esters is 1. The summed E-state index contributed by atoms with van der Waals surface area (Å²) < 4.78 is 5.21. The van der Waals surface area contributed by atoms with Crippen LogP contribution in [0.25, 0.3) is 0 Å². The number of carbonyl (C=O) groups is 1. The monoisotopic (exact) mass is 235 g/mol. The Hall–Kier alpha value is -0.280. The molecule has 0 N–H and O–H groups in total. The number of halogens is 1. The lowest BCUT2D eigenvalue weighted by Crippen LogP contribution is -2.25. The van der Waals surface area contributed by atoms with Gasteiger partial charge in [0, 0.05) is 6.54 Å². The van der Waals surface area contributed by atoms with Crippen molar-refractivity contribution in [3.05, 3.63) is 0 Å². The second-order valence-electron chi connectivity index (χ2n) is 4.31. The van der Waals surface area contributed by atoms with Gasteiger partial charge in [0.15, 0.2) is 0 Å². The van der Waals surface area contributed by atoms with E-state index in [1.54, 1.807) is 0 Å². The van der Waals surface area contributed by atoms with Gasteiger partial charge in [0.25, 0.3) is 0 Å². The molecule has 1 aliphatic carbocycles. The van der Waals surface area contributed by atoms with Gasteiger partial charge in [-0.3, -0.25) is 4.79 Å². The summed E-state index contributed by atoms with van der Waals surface area (Å²) in [6, 6.07) is 0. The average molecular weight is 236 g/mol. The SMILES string of the molecule is CN(C)CCOC(=O)C1CCCCC1.Cl. The number of nitrogens with zero attached hydrogens (tertiary/aromatic N) is 1. The van der Waals surface area contributed by atoms with E-state index in [0.717, 1.165) is 19.4 Å². The highest BCUT2D eigenvalue weighted by Gasteiger charge is 2.22. The van der Waals surface area contributed by atoms with Crippen LogP contribution in [-0.4, -0.2) is 38.1 Å². The van der Waals surface area contributed by atoms with Crippen molar-refractivity contribution in [3.63, 3.8) is 0 Å². The molecule has 15 heavy (non-hydrogen) atoms. The Bertz CT molecular complexity index is 179. The van der Waals surface area contributed by atoms with Crippen LogP contribution in [-0.2, 0) is 9.53 Å². The highest BCUT2D eigenvalue weighted by atomic mass is 35.5. The van der Waals surface area contributed by atoms with Crippen LogP contribution in [0.2, 0.25) is 0 Å². The van der Waals surface area contributed by atoms with Gasteiger partial charge in [-0.05, 0) is 26.9 Å². The number of carbonyl (C=O) groups excluding carboxylic acids is 1. The largest absolute Gasteiger partial charge is 0.464 e. The minimum atomic E-state index is 0. The van der Waals surface area contributed by atoms with E-state index in [1.807, 2.05) is 19.0 Å². The minimum absolute atomic E-state index is 0. The van der Waals surface area contributed by atoms with Crippen molar-refractivity contribution in [2.45, 2.75) is 32.1 Å². The predicted molar refractivity (Wildman–Crippen MR) is 63.3 cm³/mol. The van der Waals surface area contributed by atoms with Crippen molar-refractivity contribution < 1.29 is 9.53 Å². The molecule has 1 rings (SSSR count). The van der Waals surface area contributed by atoms with Crippen LogP contribution in [0.3, 0.4) is 0 Å². The second kappa shape index (κ2) is 7.94. The third-order valence-electron chi connectivity index (χ3n) is 2.72. The summed E-state index contributed by atoms with van der Waals surface area (Å²) in [6.07, 6.45) is 5.71. The van der Waals surface area contributed by atoms with E-state index < -0.39 is 0 Å². The van der Waals surface area contributed by atoms with Crippen molar-refractivity contribution in [3.8, 4) is 0 Å². The van der Waals surface area contributed by atoms with Crippen LogP contribution in [0.15, 0.2) is 0 Å². The molecule has 0 amide bonds. The quantitative estimate of drug-likeness (QED) is 0.699. The third kappa shape index (κ3) is 6.00. The number of hydrogen-bond acceptors (Lipinski definition) is 3. The van der Waals surface area contributed by atoms with Gasteiger partial charge in [0.2, 0.25) is 0 Å². The second-order valence-corrected chi connectivity index (χ2v) is 4.31. The summed E-state index contributed by atoms with van der Waals surface area (Å²) in [5.41, 5.74) is 0. The van der Waals surface area contributed by atoms with Crippen molar-refractivity contribution in [2.24, 2.45) is 5.92 Å². The van der Waals surface area contributed by atoms with Crippen LogP contribution in [0.5, 0.6) is 0 Å². The smallest absolute Gasteiger partial charge is 0.308 e. The lowest BCUT2D eigenvalue weighted by atomic mass is 9.89. The first-order chi connectivity index (χ1) is 6.70. The summed E-state index contributed by atoms with van der Waals surface area (Å²) in [4.78, 5) is 13.6. The minimum Gasteiger partial charge on any atom is -0.464 e. The van der Waals surface area contributed by atoms with E-state index in [0.29, 0.717) is 6.61 Å². The van der Waals surface area contributed by atoms with Gasteiger partial charge in [0.05, 0.1) is 5.92 Å². The summed E-state index contributed by atoms with van der Waals surface area (Å²) in [7, 11) is 3.96. The van der Waals surface area contributed by atoms with Crippen molar-refractivity contribution in [1.29, 1.82) is 0 Å². The fourth-order valence-corrected chi connectivity index (χ4v) is 1.78. The number of ether oxygens (including phenoxy) is 1. The van der Waals surface area contributed by atoms with Crippen molar-refractivity contribution in [2.75, 3.05) is 27.2 Å². The molecule has 0 spiro atoms. The van der Waals surface area contributed by atoms with Crippen LogP contribution in [0, 0.1) is 5.92 Å². The zero-order valence-electron chi connectivity index (χ0n) is 9.70. The summed E-state index contributed by atoms with van der Waals surface area (Å²) >= 11 is 0. The van der Waals surface area contributed by atoms with E-state index in [1.165, 1.54) is 19.3 Å². The van der Waals surface area contributed by atoms with Gasteiger partial charge in [-0.2, -0.15) is 0 Å². The molecule has 0 atom stereocenters. The highest BCUT2D eigenvalue weighted by Crippen LogP contribution is 2.24. The van der Waals surface area contributed by atoms with Gasteiger partial charge >= 0.3 is 5.97 Å². The van der Waals surface area contributed by atoms with Crippen LogP contribution >= 0.6 is 12.4 Å². The van der Waals surface area contributed by atoms with Gasteiger partial charge in [-0.25, -0.2) is 0 Å². The first kappa shape index (κ1) is 14.7. The highest BCUT2D eigenvalue weighted by molar-refractivity contribution is 5.85. The van der Waals surface area contributed by atoms with E-state index >= 15 is 0 Å². The van der Waals surface area contributed by atoms with Gasteiger partial charge < -0.3 is 9.64 Å². The molecule has 0 aromatic heterocycles. The van der Waals surface area contributed by atoms with Crippen molar-refractivity contribution in [1.82, 2.24) is 4.90 Å². The zero-order chi connectivity index (χ0) is 10.4. The van der Waals surface area contributed by atoms with E-state index in [-0.39, 0.29) is 24.3 Å². The summed E-state index contributed by atoms with van der Waals surface area (Å²) in [5, 5.41) is 0. The molecule has 0 heterocycles. The average Bonchev–Trinajstić information content (AvgIpc) is 2.18. The molecule has 0 aliphatic heterocycles. The Morgan fingerprint density at radius 3 is 2.40 bits per heavy atom. The molecular formula is C11H22ClNO2. The zero-order valence-corrected chi connectivity index (χ0v) is 10.5. The molecule has 1 saturated carbocycles. The summed E-state index contributed by atoms with van der Waals surface area (Å²) in [5.74, 6) is 0.206. The standard InChI is InChI=1S/C11H21NO2.ClH/c1-12(2)8-9-14-11(13)10-6-4-3-5-7-10;/h10H,3-9H2,1-2H3;1H. The molecule has 0 radical (unpaired) electrons. The third-order valence-corrected chi connectivity index (χ3v) is 2.72. The molecular weight excluding hydrogens is 214 g/mol. The van der Waals surface area contributed by atoms with Crippen LogP contribution in [0.4, 0.5) is 0 Å². The molecule has 0 aromatic carbocycles. The molecule has 0 saturated heterocycles. The van der Waals surface area contributed by atoms with E-state index in [9.17, 15) is 4.79 Å². The maximum atomic E-state index is 11.5. The van der Waals surface area contributed by atoms with Crippen LogP contribution in [0.1, 0.15) is 32.1 Å². The molecule has 4 heteroatoms. The maximum Gasteiger partial charge on any atom is 0.308 e. The van der Waals surface area contributed by atoms with E-state index in [4.69, 9.17) is 4.74 Å². The fourth-order valence-electron chi connectivity index (χ4n) is 1.78. The lowest BCUT2D eigenvalue weighted by molar-refractivity contribution is -0.149. The molecule has 3 nitrogen and oxygen atoms in total. The van der Waals surface area contributed by atoms with Crippen molar-refractivity contribution >= 4 is 18.4 Å². The molecule has 90 valence electrons. The first-order valence-electron chi connectivity index (χ1n) is 5.51. The van der Waals surface area contributed by atoms with Gasteiger partial charge in [-0.1, -0.05) is 19.3 Å². The molecule has 0 bridgehead atoms. The molecule has 1 fully saturated rings. The van der Waals surface area contributed by atoms with Gasteiger partial charge in [-0.15, -0.1) is 12.4 Å². The van der Waals surface area contributed by atoms with Gasteiger partial charge in [0.1, 0.15) is 6.61 Å². The fraction of sp³-hybridized carbons (Fsp3) is 0.909. The maximum absolute atomic E-state index is 11.5. The number of hydrogen-bond donors (Lipinski definition) is 0. The topological polar surface area (TPSA) is 29.5 Å². The molecule has 1 aliphatic rings. The Labute approximate surface area is 98.6 Å². The molecule has 0 aromatic rings. The van der Waals surface area contributed by atoms with Crippen LogP contribution < -0.4 is 0 Å². The lowest BCUT2D eigenvalue weighted by Gasteiger charge is -2.20. The van der Waals surface area contributed by atoms with E-state index in [2.05, 4.69) is 0 Å². The Morgan fingerprint density at radius 2 is 1.87 bits per heavy atom. The summed E-state index contributed by atoms with van der Waals surface area (Å²) in [6.45, 7) is 1.35. The predicted octanol–water partition coefficient (Wildman–Crippen LogP) is 2.09. The Morgan fingerprint density at radius 1 is 1.27 bits per heavy atom. The Kier molecular flexibility index (Phi) is 7.79. The first-order valence-corrected chi connectivity index (χ1v) is 5.51. The number of rotatable bonds is 4. The Balaban J connectivity index is 0.00000196. The number of likely N-dealkylation sites (N-methyl/N-ethyl adjacent to an activating group) is 1. The molecule has 0 unspecified atom stereocenters.